The molecule has 1 aliphatic heterocycles. The minimum Gasteiger partial charge on any atom is -0.480 e. The number of aliphatic hydroxyl groups excluding tert-OH is 2. The summed E-state index contributed by atoms with van der Waals surface area (Å²) in [6.45, 7) is 4.34. The van der Waals surface area contributed by atoms with Crippen LogP contribution in [0.5, 0.6) is 0 Å². The van der Waals surface area contributed by atoms with Crippen molar-refractivity contribution in [1.82, 2.24) is 51.4 Å². The minimum absolute atomic E-state index is 0.00563. The number of hydrogen-bond donors (Lipinski definition) is 18. The minimum atomic E-state index is -6.28. The predicted octanol–water partition coefficient (Wildman–Crippen LogP) is -5.43. The van der Waals surface area contributed by atoms with E-state index in [9.17, 15) is 72.2 Å². The first-order valence-corrected chi connectivity index (χ1v) is 30.0. The van der Waals surface area contributed by atoms with Gasteiger partial charge in [0, 0.05) is 13.1 Å². The fourth-order valence-corrected chi connectivity index (χ4v) is 11.2. The molecule has 0 spiro atoms. The summed E-state index contributed by atoms with van der Waals surface area (Å²) in [7, 11) is -18.3. The van der Waals surface area contributed by atoms with Crippen molar-refractivity contribution in [2.75, 3.05) is 38.6 Å². The summed E-state index contributed by atoms with van der Waals surface area (Å²) in [6.07, 6.45) is -4.57. The molecule has 3 heterocycles. The molecule has 2 aromatic heterocycles. The maximum Gasteiger partial charge on any atom is 0.490 e. The normalized spacial score (nSPS) is 20.3. The van der Waals surface area contributed by atoms with Gasteiger partial charge in [-0.05, 0) is 57.3 Å². The van der Waals surface area contributed by atoms with Gasteiger partial charge in [-0.2, -0.15) is 8.62 Å². The molecule has 6 amide bonds. The monoisotopic (exact) mass is 1260 g/mol. The highest BCUT2D eigenvalue weighted by molar-refractivity contribution is 7.66. The third kappa shape index (κ3) is 24.2. The quantitative estimate of drug-likeness (QED) is 0.0131. The van der Waals surface area contributed by atoms with Crippen LogP contribution in [-0.4, -0.2) is 190 Å². The van der Waals surface area contributed by atoms with Crippen molar-refractivity contribution in [2.24, 2.45) is 50.5 Å². The first-order chi connectivity index (χ1) is 39.0. The molecule has 0 aliphatic carbocycles. The zero-order chi connectivity index (χ0) is 63.4. The number of nitrogen functional groups attached to an aromatic ring is 1. The molecule has 0 bridgehead atoms. The molecule has 474 valence electrons. The number of ether oxygens (including phenoxy) is 1. The summed E-state index contributed by atoms with van der Waals surface area (Å²) in [5.41, 5.74) is 33.7. The van der Waals surface area contributed by atoms with Crippen LogP contribution in [-0.2, 0) is 69.7 Å². The maximum atomic E-state index is 13.9. The highest BCUT2D eigenvalue weighted by Crippen LogP contribution is 2.67. The maximum absolute atomic E-state index is 13.9. The van der Waals surface area contributed by atoms with Gasteiger partial charge in [-0.3, -0.25) is 57.2 Å². The van der Waals surface area contributed by atoms with Crippen LogP contribution in [0.1, 0.15) is 79.4 Å². The summed E-state index contributed by atoms with van der Waals surface area (Å²) in [6, 6.07) is -9.35. The number of nitrogens with zero attached hydrogens (tertiary/aromatic N) is 6. The van der Waals surface area contributed by atoms with E-state index in [2.05, 4.69) is 70.0 Å². The number of phosphoric ester groups is 2. The van der Waals surface area contributed by atoms with Crippen molar-refractivity contribution in [2.45, 2.75) is 134 Å². The van der Waals surface area contributed by atoms with Crippen molar-refractivity contribution in [3.63, 3.8) is 0 Å². The standard InChI is InChI=1S/C42H75N18O21P3/c1-19(2)12-22(43)35(66)56-24(9-7-11-50-42(47)48)38(69)57-23(8-6-10-49-41(45)46)37(68)55-21(5)34(65)59-26(39(70)58-25(13-20(3)4)36(67)51-14-28(61)62)15-77-82(71,72)80-84(75,76)81-83(73,74)78-16-27-30(63)31(64)40(79-27)60-18-54-29-32(44)52-17-53-33(29)60/h17-27,30-31,40,63-64H,6-16,43H2,1-5H3,(H,51,67)(H,55,68)(H,56,66)(H,57,69)(H,58,70)(H,59,65)(H,61,62)(H,71,72)(H,73,74)(H,75,76)(H2,44,52,53)(H4,45,46,49)(H4,47,48,50)/t21-,22-,23-,24-,25-,26-,27+,30+,31+,40+/m0/s1. The van der Waals surface area contributed by atoms with E-state index in [0.29, 0.717) is 0 Å². The van der Waals surface area contributed by atoms with Gasteiger partial charge in [0.05, 0.1) is 25.6 Å². The molecule has 84 heavy (non-hydrogen) atoms. The lowest BCUT2D eigenvalue weighted by Crippen LogP contribution is -2.59. The van der Waals surface area contributed by atoms with Crippen LogP contribution >= 0.6 is 23.5 Å². The second-order valence-electron chi connectivity index (χ2n) is 19.6. The Morgan fingerprint density at radius 3 is 1.74 bits per heavy atom. The molecule has 1 aliphatic rings. The van der Waals surface area contributed by atoms with Crippen molar-refractivity contribution >= 4 is 93.8 Å². The van der Waals surface area contributed by atoms with E-state index in [1.165, 1.54) is 0 Å². The van der Waals surface area contributed by atoms with Gasteiger partial charge in [0.15, 0.2) is 29.6 Å². The summed E-state index contributed by atoms with van der Waals surface area (Å²) < 4.78 is 63.4. The molecule has 0 saturated carbocycles. The van der Waals surface area contributed by atoms with Crippen LogP contribution < -0.4 is 66.3 Å². The summed E-state index contributed by atoms with van der Waals surface area (Å²) in [5.74, 6) is -8.80. The Hall–Kier alpha value is -6.57. The third-order valence-electron chi connectivity index (χ3n) is 11.6. The van der Waals surface area contributed by atoms with Gasteiger partial charge < -0.3 is 101 Å². The van der Waals surface area contributed by atoms with E-state index in [4.69, 9.17) is 48.8 Å². The van der Waals surface area contributed by atoms with Crippen LogP contribution in [0, 0.1) is 11.8 Å². The number of aliphatic imine (C=N–C) groups is 2. The number of fused-ring (bicyclic) bond motifs is 1. The SMILES string of the molecule is CC(C)C[C@H](NC(=O)[C@H](COP(=O)(O)OP(=O)(O)OP(=O)(O)OC[C@H]1O[C@@H](n2cnc3c(N)ncnc32)[C@H](O)[C@@H]1O)NC(=O)[C@H](C)NC(=O)[C@H](CCCN=C(N)N)NC(=O)[C@H](CCCN=C(N)N)NC(=O)[C@@H](N)CC(C)C)C(=O)NCC(=O)O. The predicted molar refractivity (Wildman–Crippen MR) is 292 cm³/mol. The van der Waals surface area contributed by atoms with E-state index in [0.717, 1.165) is 24.1 Å². The number of carbonyl (C=O) groups excluding carboxylic acids is 6. The Labute approximate surface area is 479 Å². The Kier molecular flexibility index (Phi) is 27.9. The molecule has 1 saturated heterocycles. The number of carbonyl (C=O) groups is 7. The topological polar surface area (TPSA) is 635 Å². The van der Waals surface area contributed by atoms with Crippen molar-refractivity contribution in [3.05, 3.63) is 12.7 Å². The summed E-state index contributed by atoms with van der Waals surface area (Å²) >= 11 is 0. The number of aromatic nitrogens is 4. The van der Waals surface area contributed by atoms with Crippen LogP contribution in [0.2, 0.25) is 0 Å². The van der Waals surface area contributed by atoms with E-state index in [1.807, 2.05) is 13.8 Å². The lowest BCUT2D eigenvalue weighted by molar-refractivity contribution is -0.138. The molecular formula is C42H75N18O21P3. The fraction of sp³-hybridized carbons (Fsp3) is 0.667. The fourth-order valence-electron chi connectivity index (χ4n) is 7.64. The molecule has 0 aromatic carbocycles. The van der Waals surface area contributed by atoms with Gasteiger partial charge in [-0.15, -0.1) is 0 Å². The van der Waals surface area contributed by atoms with E-state index in [-0.39, 0.29) is 92.4 Å². The number of carboxylic acids is 1. The highest BCUT2D eigenvalue weighted by atomic mass is 31.3. The Balaban J connectivity index is 1.84. The van der Waals surface area contributed by atoms with Gasteiger partial charge in [-0.25, -0.2) is 28.6 Å². The summed E-state index contributed by atoms with van der Waals surface area (Å²) in [5, 5.41) is 44.3. The van der Waals surface area contributed by atoms with Gasteiger partial charge in [-0.1, -0.05) is 27.7 Å². The Morgan fingerprint density at radius 1 is 0.679 bits per heavy atom. The average Bonchev–Trinajstić information content (AvgIpc) is 4.02. The van der Waals surface area contributed by atoms with Gasteiger partial charge in [0.25, 0.3) is 0 Å². The largest absolute Gasteiger partial charge is 0.490 e. The number of rotatable bonds is 36. The Bertz CT molecular complexity index is 2820. The molecule has 2 aromatic rings. The lowest BCUT2D eigenvalue weighted by atomic mass is 10.0. The van der Waals surface area contributed by atoms with Gasteiger partial charge >= 0.3 is 29.4 Å². The van der Waals surface area contributed by atoms with Gasteiger partial charge in [0.2, 0.25) is 35.4 Å². The molecule has 42 heteroatoms. The number of amides is 6. The van der Waals surface area contributed by atoms with Crippen LogP contribution in [0.4, 0.5) is 5.82 Å². The Morgan fingerprint density at radius 2 is 1.19 bits per heavy atom. The number of phosphoric acid groups is 3. The second kappa shape index (κ2) is 32.6. The summed E-state index contributed by atoms with van der Waals surface area (Å²) in [4.78, 5) is 144. The molecule has 39 nitrogen and oxygen atoms in total. The smallest absolute Gasteiger partial charge is 0.480 e. The molecule has 24 N–H and O–H groups in total. The number of imidazole rings is 1. The van der Waals surface area contributed by atoms with E-state index < -0.39 is 145 Å². The molecular weight excluding hydrogens is 1190 g/mol. The lowest BCUT2D eigenvalue weighted by Gasteiger charge is -2.27. The van der Waals surface area contributed by atoms with Crippen molar-refractivity contribution in [1.29, 1.82) is 0 Å². The van der Waals surface area contributed by atoms with Gasteiger partial charge in [0.1, 0.15) is 66.9 Å². The third-order valence-corrected chi connectivity index (χ3v) is 15.8. The molecule has 0 radical (unpaired) electrons. The number of hydrogen-bond acceptors (Lipinski definition) is 24. The molecule has 3 rings (SSSR count). The number of nitrogens with one attached hydrogen (secondary N) is 6. The van der Waals surface area contributed by atoms with Crippen molar-refractivity contribution in [3.8, 4) is 0 Å². The first kappa shape index (κ1) is 71.7. The highest BCUT2D eigenvalue weighted by Gasteiger charge is 2.48. The van der Waals surface area contributed by atoms with Crippen molar-refractivity contribution < 1.29 is 99.7 Å². The number of guanidine groups is 2. The zero-order valence-corrected chi connectivity index (χ0v) is 48.8. The number of aliphatic carboxylic acids is 1. The number of anilines is 1. The molecule has 3 unspecified atom stereocenters. The number of carboxylic acid groups (broad SMARTS) is 1. The molecule has 13 atom stereocenters. The second-order valence-corrected chi connectivity index (χ2v) is 24.3. The number of aliphatic hydroxyl groups is 2. The van der Waals surface area contributed by atoms with Crippen LogP contribution in [0.25, 0.3) is 11.2 Å². The van der Waals surface area contributed by atoms with E-state index >= 15 is 0 Å². The number of nitrogens with two attached hydrogens (primary N) is 6. The molecule has 1 fully saturated rings. The van der Waals surface area contributed by atoms with Crippen LogP contribution in [0.3, 0.4) is 0 Å². The van der Waals surface area contributed by atoms with Crippen LogP contribution in [0.15, 0.2) is 22.6 Å². The first-order valence-electron chi connectivity index (χ1n) is 25.5. The zero-order valence-electron chi connectivity index (χ0n) is 46.2. The van der Waals surface area contributed by atoms with E-state index in [1.54, 1.807) is 13.8 Å². The average molecular weight is 1260 g/mol.